The molecule has 0 aromatic carbocycles. The summed E-state index contributed by atoms with van der Waals surface area (Å²) in [5, 5.41) is 3.89. The van der Waals surface area contributed by atoms with Gasteiger partial charge in [0.2, 0.25) is 0 Å². The highest BCUT2D eigenvalue weighted by molar-refractivity contribution is 7.08. The van der Waals surface area contributed by atoms with E-state index in [1.807, 2.05) is 62.1 Å². The lowest BCUT2D eigenvalue weighted by Crippen LogP contribution is -2.35. The van der Waals surface area contributed by atoms with Gasteiger partial charge in [-0.15, -0.1) is 17.9 Å². The maximum absolute atomic E-state index is 13.2. The first-order chi connectivity index (χ1) is 15.0. The van der Waals surface area contributed by atoms with Gasteiger partial charge >= 0.3 is 0 Å². The van der Waals surface area contributed by atoms with Crippen molar-refractivity contribution in [3.8, 4) is 0 Å². The van der Waals surface area contributed by atoms with Crippen molar-refractivity contribution in [1.29, 1.82) is 0 Å². The fourth-order valence-corrected chi connectivity index (χ4v) is 5.01. The number of ketones is 2. The summed E-state index contributed by atoms with van der Waals surface area (Å²) in [5.41, 5.74) is 2.47. The standard InChI is InChI=1S/C25H28N2O3S2/c1-7-9-26-16(2)11-19(17(26)3)20(28)14-27-23(13-22(29)25(4,5)6)32-21(24(27)30)12-18-8-10-31-15-18/h7-8,10-13,15H,1,9,14H2,2-6H3/b21-12-,23-13+. The van der Waals surface area contributed by atoms with Gasteiger partial charge in [0.15, 0.2) is 11.6 Å². The summed E-state index contributed by atoms with van der Waals surface area (Å²) in [7, 11) is 0. The van der Waals surface area contributed by atoms with Crippen molar-refractivity contribution in [1.82, 2.24) is 9.13 Å². The van der Waals surface area contributed by atoms with Crippen LogP contribution in [0.3, 0.4) is 0 Å². The van der Waals surface area contributed by atoms with Crippen LogP contribution in [0.2, 0.25) is 0 Å². The predicted molar refractivity (Wildman–Crippen MR) is 133 cm³/mol. The summed E-state index contributed by atoms with van der Waals surface area (Å²) in [6.45, 7) is 13.6. The van der Waals surface area contributed by atoms with Crippen molar-refractivity contribution < 1.29 is 9.59 Å². The number of aryl methyl sites for hydroxylation is 1. The summed E-state index contributed by atoms with van der Waals surface area (Å²) < 4.78 is 4.43. The molecule has 0 bridgehead atoms. The Kier molecular flexibility index (Phi) is 7.00. The molecule has 7 heteroatoms. The summed E-state index contributed by atoms with van der Waals surface area (Å²) >= 11 is 2.79. The Labute approximate surface area is 195 Å². The Hall–Kier alpha value is -2.77. The number of thiophene rings is 1. The maximum Gasteiger partial charge on any atom is 0.269 e. The third-order valence-electron chi connectivity index (χ3n) is 5.26. The topological polar surface area (TPSA) is 61.1 Å². The van der Waals surface area contributed by atoms with Crippen LogP contribution in [0.4, 0.5) is 0 Å². The monoisotopic (exact) mass is 468 g/mol. The van der Waals surface area contributed by atoms with E-state index in [0.29, 0.717) is 21.3 Å². The van der Waals surface area contributed by atoms with Gasteiger partial charge < -0.3 is 4.57 Å². The van der Waals surface area contributed by atoms with Crippen LogP contribution in [0.5, 0.6) is 0 Å². The predicted octanol–water partition coefficient (Wildman–Crippen LogP) is 3.68. The lowest BCUT2D eigenvalue weighted by Gasteiger charge is -2.13. The number of Topliss-reactive ketones (excluding diaryl/α,β-unsaturated/α-hetero) is 2. The van der Waals surface area contributed by atoms with Crippen LogP contribution >= 0.6 is 22.7 Å². The number of allylic oxidation sites excluding steroid dienone is 1. The number of aromatic nitrogens is 2. The smallest absolute Gasteiger partial charge is 0.269 e. The molecule has 0 aliphatic heterocycles. The molecule has 0 amide bonds. The minimum Gasteiger partial charge on any atom is -0.345 e. The van der Waals surface area contributed by atoms with Crippen LogP contribution < -0.4 is 14.8 Å². The van der Waals surface area contributed by atoms with E-state index in [-0.39, 0.29) is 23.7 Å². The number of hydrogen-bond acceptors (Lipinski definition) is 5. The van der Waals surface area contributed by atoms with Crippen molar-refractivity contribution in [2.24, 2.45) is 5.41 Å². The summed E-state index contributed by atoms with van der Waals surface area (Å²) in [5.74, 6) is -0.251. The van der Waals surface area contributed by atoms with Gasteiger partial charge in [-0.05, 0) is 48.4 Å². The molecule has 3 rings (SSSR count). The zero-order chi connectivity index (χ0) is 23.6. The van der Waals surface area contributed by atoms with Gasteiger partial charge in [0.05, 0.1) is 11.1 Å². The van der Waals surface area contributed by atoms with E-state index in [9.17, 15) is 14.4 Å². The van der Waals surface area contributed by atoms with Crippen molar-refractivity contribution in [2.45, 2.75) is 47.7 Å². The van der Waals surface area contributed by atoms with Crippen molar-refractivity contribution in [2.75, 3.05) is 0 Å². The number of carbonyl (C=O) groups is 2. The maximum atomic E-state index is 13.2. The molecule has 0 radical (unpaired) electrons. The zero-order valence-corrected chi connectivity index (χ0v) is 20.7. The first-order valence-electron chi connectivity index (χ1n) is 10.3. The number of nitrogens with zero attached hydrogens (tertiary/aromatic N) is 2. The van der Waals surface area contributed by atoms with Gasteiger partial charge in [-0.1, -0.05) is 26.8 Å². The molecule has 5 nitrogen and oxygen atoms in total. The van der Waals surface area contributed by atoms with E-state index in [1.54, 1.807) is 23.5 Å². The van der Waals surface area contributed by atoms with E-state index in [4.69, 9.17) is 0 Å². The minimum atomic E-state index is -0.582. The molecule has 0 saturated heterocycles. The molecule has 0 unspecified atom stereocenters. The minimum absolute atomic E-state index is 0.0915. The quantitative estimate of drug-likeness (QED) is 0.393. The molecule has 3 aromatic heterocycles. The van der Waals surface area contributed by atoms with E-state index < -0.39 is 5.41 Å². The summed E-state index contributed by atoms with van der Waals surface area (Å²) in [6.07, 6.45) is 5.08. The Morgan fingerprint density at radius 1 is 1.19 bits per heavy atom. The molecule has 0 spiro atoms. The third kappa shape index (κ3) is 5.00. The van der Waals surface area contributed by atoms with Gasteiger partial charge in [0, 0.05) is 35.0 Å². The highest BCUT2D eigenvalue weighted by Gasteiger charge is 2.21. The molecular formula is C25H28N2O3S2. The second-order valence-electron chi connectivity index (χ2n) is 8.76. The summed E-state index contributed by atoms with van der Waals surface area (Å²) in [6, 6.07) is 3.78. The van der Waals surface area contributed by atoms with Gasteiger partial charge in [0.25, 0.3) is 5.56 Å². The first kappa shape index (κ1) is 23.9. The van der Waals surface area contributed by atoms with Gasteiger partial charge in [-0.2, -0.15) is 11.3 Å². The Morgan fingerprint density at radius 3 is 2.50 bits per heavy atom. The van der Waals surface area contributed by atoms with Crippen LogP contribution in [-0.2, 0) is 17.9 Å². The van der Waals surface area contributed by atoms with E-state index >= 15 is 0 Å². The second-order valence-corrected chi connectivity index (χ2v) is 10.6. The van der Waals surface area contributed by atoms with E-state index in [2.05, 4.69) is 6.58 Å². The molecule has 0 fully saturated rings. The van der Waals surface area contributed by atoms with Crippen LogP contribution in [-0.4, -0.2) is 20.7 Å². The molecule has 168 valence electrons. The number of rotatable bonds is 7. The van der Waals surface area contributed by atoms with Crippen molar-refractivity contribution in [3.05, 3.63) is 77.6 Å². The van der Waals surface area contributed by atoms with Gasteiger partial charge in [-0.3, -0.25) is 19.0 Å². The SMILES string of the molecule is C=CCn1c(C)cc(C(=O)Cn2c(=O)/c(=C/c3ccsc3)s/c2=C/C(=O)C(C)(C)C)c1C. The molecule has 3 heterocycles. The van der Waals surface area contributed by atoms with E-state index in [0.717, 1.165) is 17.0 Å². The van der Waals surface area contributed by atoms with Crippen LogP contribution in [0.25, 0.3) is 12.2 Å². The summed E-state index contributed by atoms with van der Waals surface area (Å²) in [4.78, 5) is 39.1. The zero-order valence-electron chi connectivity index (χ0n) is 19.1. The molecule has 0 aliphatic carbocycles. The lowest BCUT2D eigenvalue weighted by molar-refractivity contribution is -0.120. The fourth-order valence-electron chi connectivity index (χ4n) is 3.35. The number of carbonyl (C=O) groups excluding carboxylic acids is 2. The molecule has 0 aliphatic rings. The average Bonchev–Trinajstić information content (AvgIpc) is 3.39. The Morgan fingerprint density at radius 2 is 1.91 bits per heavy atom. The molecule has 0 saturated carbocycles. The number of thiazole rings is 1. The molecule has 0 N–H and O–H groups in total. The number of hydrogen-bond donors (Lipinski definition) is 0. The lowest BCUT2D eigenvalue weighted by atomic mass is 9.91. The van der Waals surface area contributed by atoms with Crippen LogP contribution in [0, 0.1) is 19.3 Å². The van der Waals surface area contributed by atoms with Crippen LogP contribution in [0.15, 0.2) is 40.3 Å². The average molecular weight is 469 g/mol. The van der Waals surface area contributed by atoms with Crippen LogP contribution in [0.1, 0.15) is 48.1 Å². The van der Waals surface area contributed by atoms with Gasteiger partial charge in [0.1, 0.15) is 4.66 Å². The highest BCUT2D eigenvalue weighted by atomic mass is 32.1. The van der Waals surface area contributed by atoms with Gasteiger partial charge in [-0.25, -0.2) is 0 Å². The first-order valence-corrected chi connectivity index (χ1v) is 12.1. The fraction of sp³-hybridized carbons (Fsp3) is 0.320. The van der Waals surface area contributed by atoms with Crippen molar-refractivity contribution >= 4 is 46.4 Å². The molecule has 32 heavy (non-hydrogen) atoms. The normalized spacial score (nSPS) is 13.0. The Bertz CT molecular complexity index is 1340. The molecule has 0 atom stereocenters. The largest absolute Gasteiger partial charge is 0.345 e. The molecular weight excluding hydrogens is 440 g/mol. The van der Waals surface area contributed by atoms with Crippen molar-refractivity contribution in [3.63, 3.8) is 0 Å². The second kappa shape index (κ2) is 9.38. The molecule has 3 aromatic rings. The Balaban J connectivity index is 2.12. The highest BCUT2D eigenvalue weighted by Crippen LogP contribution is 2.17. The third-order valence-corrected chi connectivity index (χ3v) is 7.02. The van der Waals surface area contributed by atoms with E-state index in [1.165, 1.54) is 22.0 Å².